The van der Waals surface area contributed by atoms with Crippen molar-refractivity contribution in [1.82, 2.24) is 5.43 Å². The lowest BCUT2D eigenvalue weighted by Gasteiger charge is -2.08. The average molecular weight is 347 g/mol. The van der Waals surface area contributed by atoms with Gasteiger partial charge in [-0.25, -0.2) is 5.43 Å². The van der Waals surface area contributed by atoms with Crippen molar-refractivity contribution in [2.45, 2.75) is 6.92 Å². The summed E-state index contributed by atoms with van der Waals surface area (Å²) in [5.41, 5.74) is 4.34. The summed E-state index contributed by atoms with van der Waals surface area (Å²) >= 11 is 0. The number of ether oxygens (including phenoxy) is 1. The summed E-state index contributed by atoms with van der Waals surface area (Å²) in [5, 5.41) is 9.36. The van der Waals surface area contributed by atoms with E-state index in [0.717, 1.165) is 27.8 Å². The summed E-state index contributed by atoms with van der Waals surface area (Å²) in [6, 6.07) is 21.5. The number of rotatable bonds is 7. The van der Waals surface area contributed by atoms with Gasteiger partial charge in [-0.1, -0.05) is 36.4 Å². The Morgan fingerprint density at radius 3 is 2.62 bits per heavy atom. The first-order chi connectivity index (χ1) is 12.8. The predicted molar refractivity (Wildman–Crippen MR) is 106 cm³/mol. The first-order valence-corrected chi connectivity index (χ1v) is 8.52. The van der Waals surface area contributed by atoms with Crippen LogP contribution in [0.5, 0.6) is 5.75 Å². The number of hydrazone groups is 1. The van der Waals surface area contributed by atoms with E-state index in [1.54, 1.807) is 6.21 Å². The van der Waals surface area contributed by atoms with Crippen LogP contribution >= 0.6 is 0 Å². The van der Waals surface area contributed by atoms with Gasteiger partial charge >= 0.3 is 0 Å². The molecule has 0 bridgehead atoms. The number of carbonyl (C=O) groups excluding carboxylic acids is 1. The fraction of sp³-hybridized carbons (Fsp3) is 0.143. The van der Waals surface area contributed by atoms with E-state index in [-0.39, 0.29) is 12.5 Å². The lowest BCUT2D eigenvalue weighted by molar-refractivity contribution is -0.119. The minimum atomic E-state index is -0.208. The van der Waals surface area contributed by atoms with Gasteiger partial charge in [-0.2, -0.15) is 5.10 Å². The fourth-order valence-electron chi connectivity index (χ4n) is 2.59. The summed E-state index contributed by atoms with van der Waals surface area (Å²) in [6.07, 6.45) is 1.60. The first-order valence-electron chi connectivity index (χ1n) is 8.52. The standard InChI is InChI=1S/C21H21N3O2/c1-2-26-18-12-10-16(11-13-18)14-23-24-21(25)15-22-20-9-5-7-17-6-3-4-8-19(17)20/h3-14,22H,2,15H2,1H3,(H,24,25)/b23-14-. The van der Waals surface area contributed by atoms with Crippen LogP contribution < -0.4 is 15.5 Å². The van der Waals surface area contributed by atoms with Crippen molar-refractivity contribution in [3.63, 3.8) is 0 Å². The van der Waals surface area contributed by atoms with Crippen molar-refractivity contribution in [3.05, 3.63) is 72.3 Å². The van der Waals surface area contributed by atoms with Crippen molar-refractivity contribution in [1.29, 1.82) is 0 Å². The van der Waals surface area contributed by atoms with Gasteiger partial charge in [0.15, 0.2) is 0 Å². The summed E-state index contributed by atoms with van der Waals surface area (Å²) < 4.78 is 5.39. The van der Waals surface area contributed by atoms with Crippen molar-refractivity contribution >= 4 is 28.6 Å². The molecule has 0 fully saturated rings. The Hall–Kier alpha value is -3.34. The molecule has 0 aliphatic carbocycles. The molecule has 26 heavy (non-hydrogen) atoms. The van der Waals surface area contributed by atoms with Gasteiger partial charge in [0.1, 0.15) is 5.75 Å². The molecule has 0 heterocycles. The maximum absolute atomic E-state index is 12.0. The van der Waals surface area contributed by atoms with Crippen molar-refractivity contribution in [3.8, 4) is 5.75 Å². The van der Waals surface area contributed by atoms with Crippen molar-refractivity contribution < 1.29 is 9.53 Å². The smallest absolute Gasteiger partial charge is 0.259 e. The molecule has 0 aromatic heterocycles. The maximum Gasteiger partial charge on any atom is 0.259 e. The van der Waals surface area contributed by atoms with Crippen LogP contribution in [0, 0.1) is 0 Å². The molecule has 3 rings (SSSR count). The highest BCUT2D eigenvalue weighted by Gasteiger charge is 2.03. The van der Waals surface area contributed by atoms with Crippen LogP contribution in [0.2, 0.25) is 0 Å². The molecule has 5 heteroatoms. The molecule has 5 nitrogen and oxygen atoms in total. The molecule has 0 aliphatic rings. The molecule has 0 saturated carbocycles. The monoisotopic (exact) mass is 347 g/mol. The normalized spacial score (nSPS) is 10.8. The van der Waals surface area contributed by atoms with Crippen molar-refractivity contribution in [2.24, 2.45) is 5.10 Å². The minimum Gasteiger partial charge on any atom is -0.494 e. The quantitative estimate of drug-likeness (QED) is 0.505. The molecule has 132 valence electrons. The zero-order valence-corrected chi connectivity index (χ0v) is 14.6. The van der Waals surface area contributed by atoms with Gasteiger partial charge in [-0.05, 0) is 48.2 Å². The van der Waals surface area contributed by atoms with Crippen LogP contribution in [-0.4, -0.2) is 25.3 Å². The molecule has 0 spiro atoms. The summed E-state index contributed by atoms with van der Waals surface area (Å²) in [6.45, 7) is 2.72. The zero-order chi connectivity index (χ0) is 18.2. The van der Waals surface area contributed by atoms with Crippen LogP contribution in [0.3, 0.4) is 0 Å². The van der Waals surface area contributed by atoms with Crippen LogP contribution in [0.25, 0.3) is 10.8 Å². The molecule has 0 radical (unpaired) electrons. The Labute approximate surface area is 152 Å². The second kappa shape index (κ2) is 8.67. The van der Waals surface area contributed by atoms with E-state index in [0.29, 0.717) is 6.61 Å². The van der Waals surface area contributed by atoms with E-state index in [2.05, 4.69) is 15.8 Å². The minimum absolute atomic E-state index is 0.147. The van der Waals surface area contributed by atoms with Gasteiger partial charge < -0.3 is 10.1 Å². The molecule has 3 aromatic carbocycles. The SMILES string of the molecule is CCOc1ccc(/C=N\NC(=O)CNc2cccc3ccccc23)cc1. The van der Waals surface area contributed by atoms with Crippen LogP contribution in [0.15, 0.2) is 71.8 Å². The van der Waals surface area contributed by atoms with E-state index >= 15 is 0 Å². The van der Waals surface area contributed by atoms with Gasteiger partial charge in [0, 0.05) is 11.1 Å². The number of hydrogen-bond donors (Lipinski definition) is 2. The van der Waals surface area contributed by atoms with Gasteiger partial charge in [0.05, 0.1) is 19.4 Å². The number of nitrogens with one attached hydrogen (secondary N) is 2. The van der Waals surface area contributed by atoms with Crippen LogP contribution in [0.1, 0.15) is 12.5 Å². The zero-order valence-electron chi connectivity index (χ0n) is 14.6. The third-order valence-corrected chi connectivity index (χ3v) is 3.82. The summed E-state index contributed by atoms with van der Waals surface area (Å²) in [7, 11) is 0. The molecule has 3 aromatic rings. The number of hydrogen-bond acceptors (Lipinski definition) is 4. The molecule has 1 amide bonds. The number of fused-ring (bicyclic) bond motifs is 1. The highest BCUT2D eigenvalue weighted by atomic mass is 16.5. The van der Waals surface area contributed by atoms with E-state index < -0.39 is 0 Å². The predicted octanol–water partition coefficient (Wildman–Crippen LogP) is 3.80. The molecule has 0 atom stereocenters. The van der Waals surface area contributed by atoms with E-state index in [1.807, 2.05) is 73.7 Å². The van der Waals surface area contributed by atoms with Crippen LogP contribution in [0.4, 0.5) is 5.69 Å². The van der Waals surface area contributed by atoms with Gasteiger partial charge in [-0.15, -0.1) is 0 Å². The lowest BCUT2D eigenvalue weighted by atomic mass is 10.1. The summed E-state index contributed by atoms with van der Waals surface area (Å²) in [5.74, 6) is 0.605. The van der Waals surface area contributed by atoms with Gasteiger partial charge in [0.25, 0.3) is 5.91 Å². The lowest BCUT2D eigenvalue weighted by Crippen LogP contribution is -2.25. The molecule has 2 N–H and O–H groups in total. The third-order valence-electron chi connectivity index (χ3n) is 3.82. The molecule has 0 unspecified atom stereocenters. The number of nitrogens with zero attached hydrogens (tertiary/aromatic N) is 1. The van der Waals surface area contributed by atoms with E-state index in [9.17, 15) is 4.79 Å². The number of anilines is 1. The van der Waals surface area contributed by atoms with Crippen LogP contribution in [-0.2, 0) is 4.79 Å². The van der Waals surface area contributed by atoms with Gasteiger partial charge in [0.2, 0.25) is 0 Å². The average Bonchev–Trinajstić information content (AvgIpc) is 2.68. The highest BCUT2D eigenvalue weighted by Crippen LogP contribution is 2.22. The molecular formula is C21H21N3O2. The second-order valence-electron chi connectivity index (χ2n) is 5.68. The van der Waals surface area contributed by atoms with Crippen molar-refractivity contribution in [2.75, 3.05) is 18.5 Å². The largest absolute Gasteiger partial charge is 0.494 e. The maximum atomic E-state index is 12.0. The highest BCUT2D eigenvalue weighted by molar-refractivity contribution is 5.95. The number of amides is 1. The Bertz CT molecular complexity index is 899. The molecular weight excluding hydrogens is 326 g/mol. The summed E-state index contributed by atoms with van der Waals surface area (Å²) in [4.78, 5) is 12.0. The Morgan fingerprint density at radius 1 is 1.04 bits per heavy atom. The number of benzene rings is 3. The first kappa shape index (κ1) is 17.5. The Kier molecular flexibility index (Phi) is 5.83. The molecule has 0 saturated heterocycles. The fourth-order valence-corrected chi connectivity index (χ4v) is 2.59. The third kappa shape index (κ3) is 4.60. The topological polar surface area (TPSA) is 62.7 Å². The van der Waals surface area contributed by atoms with E-state index in [4.69, 9.17) is 4.74 Å². The number of carbonyl (C=O) groups is 1. The Balaban J connectivity index is 1.52. The molecule has 0 aliphatic heterocycles. The van der Waals surface area contributed by atoms with E-state index in [1.165, 1.54) is 0 Å². The Morgan fingerprint density at radius 2 is 1.81 bits per heavy atom. The van der Waals surface area contributed by atoms with Gasteiger partial charge in [-0.3, -0.25) is 4.79 Å². The second-order valence-corrected chi connectivity index (χ2v) is 5.68.